The fourth-order valence-electron chi connectivity index (χ4n) is 0.963. The van der Waals surface area contributed by atoms with E-state index in [1.807, 2.05) is 0 Å². The first-order valence-electron chi connectivity index (χ1n) is 4.47. The molecule has 1 rings (SSSR count). The smallest absolute Gasteiger partial charge is 0.241 e. The van der Waals surface area contributed by atoms with E-state index in [9.17, 15) is 9.18 Å². The van der Waals surface area contributed by atoms with Gasteiger partial charge in [-0.25, -0.2) is 4.39 Å². The molecule has 15 heavy (non-hydrogen) atoms. The van der Waals surface area contributed by atoms with Gasteiger partial charge in [0.25, 0.3) is 0 Å². The van der Waals surface area contributed by atoms with Crippen molar-refractivity contribution < 1.29 is 9.18 Å². The maximum absolute atomic E-state index is 13.3. The number of hydrogen-bond acceptors (Lipinski definition) is 2. The molecule has 0 spiro atoms. The first-order chi connectivity index (χ1) is 7.04. The SMILES string of the molecule is CNC(C)C(=O)Nc1ccc(Br)cc1F. The maximum Gasteiger partial charge on any atom is 0.241 e. The summed E-state index contributed by atoms with van der Waals surface area (Å²) in [5.74, 6) is -0.722. The molecule has 1 aromatic carbocycles. The quantitative estimate of drug-likeness (QED) is 0.887. The third kappa shape index (κ3) is 3.28. The van der Waals surface area contributed by atoms with Gasteiger partial charge in [0, 0.05) is 4.47 Å². The summed E-state index contributed by atoms with van der Waals surface area (Å²) in [7, 11) is 1.67. The summed E-state index contributed by atoms with van der Waals surface area (Å²) in [6.07, 6.45) is 0. The van der Waals surface area contributed by atoms with Crippen LogP contribution in [0.2, 0.25) is 0 Å². The van der Waals surface area contributed by atoms with Crippen LogP contribution >= 0.6 is 15.9 Å². The molecule has 0 aliphatic heterocycles. The minimum absolute atomic E-state index is 0.185. The molecular weight excluding hydrogens is 263 g/mol. The van der Waals surface area contributed by atoms with Gasteiger partial charge in [-0.2, -0.15) is 0 Å². The van der Waals surface area contributed by atoms with Crippen molar-refractivity contribution in [2.24, 2.45) is 0 Å². The molecule has 5 heteroatoms. The van der Waals surface area contributed by atoms with E-state index >= 15 is 0 Å². The van der Waals surface area contributed by atoms with E-state index < -0.39 is 5.82 Å². The largest absolute Gasteiger partial charge is 0.322 e. The van der Waals surface area contributed by atoms with Gasteiger partial charge in [0.2, 0.25) is 5.91 Å². The predicted molar refractivity (Wildman–Crippen MR) is 61.3 cm³/mol. The molecule has 0 saturated heterocycles. The van der Waals surface area contributed by atoms with Crippen LogP contribution in [0.4, 0.5) is 10.1 Å². The van der Waals surface area contributed by atoms with Crippen LogP contribution in [0.3, 0.4) is 0 Å². The maximum atomic E-state index is 13.3. The summed E-state index contributed by atoms with van der Waals surface area (Å²) in [5, 5.41) is 5.26. The molecule has 3 nitrogen and oxygen atoms in total. The standard InChI is InChI=1S/C10H12BrFN2O/c1-6(13-2)10(15)14-9-4-3-7(11)5-8(9)12/h3-6,13H,1-2H3,(H,14,15). The Morgan fingerprint density at radius 1 is 1.53 bits per heavy atom. The number of likely N-dealkylation sites (N-methyl/N-ethyl adjacent to an activating group) is 1. The third-order valence-electron chi connectivity index (χ3n) is 2.02. The van der Waals surface area contributed by atoms with Crippen molar-refractivity contribution >= 4 is 27.5 Å². The second-order valence-electron chi connectivity index (χ2n) is 3.12. The Labute approximate surface area is 96.2 Å². The van der Waals surface area contributed by atoms with Crippen molar-refractivity contribution in [2.75, 3.05) is 12.4 Å². The number of benzene rings is 1. The predicted octanol–water partition coefficient (Wildman–Crippen LogP) is 2.13. The van der Waals surface area contributed by atoms with Crippen LogP contribution in [0.1, 0.15) is 6.92 Å². The van der Waals surface area contributed by atoms with Crippen molar-refractivity contribution in [2.45, 2.75) is 13.0 Å². The molecule has 1 amide bonds. The van der Waals surface area contributed by atoms with Crippen LogP contribution in [0.25, 0.3) is 0 Å². The molecule has 0 aromatic heterocycles. The van der Waals surface area contributed by atoms with Crippen LogP contribution < -0.4 is 10.6 Å². The summed E-state index contributed by atoms with van der Waals surface area (Å²) in [6, 6.07) is 4.13. The van der Waals surface area contributed by atoms with E-state index in [-0.39, 0.29) is 17.6 Å². The lowest BCUT2D eigenvalue weighted by atomic mass is 10.2. The normalized spacial score (nSPS) is 12.3. The first kappa shape index (κ1) is 12.1. The molecule has 2 N–H and O–H groups in total. The van der Waals surface area contributed by atoms with Crippen molar-refractivity contribution in [3.05, 3.63) is 28.5 Å². The van der Waals surface area contributed by atoms with Gasteiger partial charge in [-0.3, -0.25) is 4.79 Å². The highest BCUT2D eigenvalue weighted by atomic mass is 79.9. The van der Waals surface area contributed by atoms with Crippen LogP contribution in [-0.2, 0) is 4.79 Å². The number of hydrogen-bond donors (Lipinski definition) is 2. The minimum Gasteiger partial charge on any atom is -0.322 e. The third-order valence-corrected chi connectivity index (χ3v) is 2.51. The van der Waals surface area contributed by atoms with Gasteiger partial charge in [-0.05, 0) is 32.2 Å². The average Bonchev–Trinajstić information content (AvgIpc) is 2.20. The Hall–Kier alpha value is -0.940. The molecule has 0 heterocycles. The van der Waals surface area contributed by atoms with Crippen LogP contribution in [-0.4, -0.2) is 19.0 Å². The molecular formula is C10H12BrFN2O. The highest BCUT2D eigenvalue weighted by Gasteiger charge is 2.12. The number of rotatable bonds is 3. The topological polar surface area (TPSA) is 41.1 Å². The second-order valence-corrected chi connectivity index (χ2v) is 4.04. The van der Waals surface area contributed by atoms with E-state index in [1.54, 1.807) is 20.0 Å². The average molecular weight is 275 g/mol. The number of carbonyl (C=O) groups is 1. The summed E-state index contributed by atoms with van der Waals surface area (Å²) in [4.78, 5) is 11.4. The fraction of sp³-hybridized carbons (Fsp3) is 0.300. The molecule has 0 fully saturated rings. The summed E-state index contributed by atoms with van der Waals surface area (Å²) >= 11 is 3.14. The number of carbonyl (C=O) groups excluding carboxylic acids is 1. The molecule has 0 aliphatic rings. The molecule has 1 aromatic rings. The Kier molecular flexibility index (Phi) is 4.23. The number of halogens is 2. The first-order valence-corrected chi connectivity index (χ1v) is 5.27. The lowest BCUT2D eigenvalue weighted by Crippen LogP contribution is -2.35. The Bertz CT molecular complexity index is 370. The fourth-order valence-corrected chi connectivity index (χ4v) is 1.30. The molecule has 82 valence electrons. The highest BCUT2D eigenvalue weighted by Crippen LogP contribution is 2.19. The number of anilines is 1. The number of nitrogens with one attached hydrogen (secondary N) is 2. The van der Waals surface area contributed by atoms with Gasteiger partial charge in [0.1, 0.15) is 5.82 Å². The lowest BCUT2D eigenvalue weighted by molar-refractivity contribution is -0.117. The molecule has 1 unspecified atom stereocenters. The van der Waals surface area contributed by atoms with E-state index in [1.165, 1.54) is 12.1 Å². The zero-order chi connectivity index (χ0) is 11.4. The van der Waals surface area contributed by atoms with E-state index in [4.69, 9.17) is 0 Å². The van der Waals surface area contributed by atoms with Crippen molar-refractivity contribution in [3.8, 4) is 0 Å². The van der Waals surface area contributed by atoms with Gasteiger partial charge < -0.3 is 10.6 Å². The lowest BCUT2D eigenvalue weighted by Gasteiger charge is -2.11. The van der Waals surface area contributed by atoms with Gasteiger partial charge in [-0.15, -0.1) is 0 Å². The minimum atomic E-state index is -0.457. The van der Waals surface area contributed by atoms with Crippen LogP contribution in [0.15, 0.2) is 22.7 Å². The van der Waals surface area contributed by atoms with Gasteiger partial charge in [0.15, 0.2) is 0 Å². The molecule has 1 atom stereocenters. The van der Waals surface area contributed by atoms with Crippen molar-refractivity contribution in [1.82, 2.24) is 5.32 Å². The molecule has 0 radical (unpaired) electrons. The monoisotopic (exact) mass is 274 g/mol. The Morgan fingerprint density at radius 2 is 2.20 bits per heavy atom. The van der Waals surface area contributed by atoms with E-state index in [2.05, 4.69) is 26.6 Å². The Morgan fingerprint density at radius 3 is 2.73 bits per heavy atom. The molecule has 0 aliphatic carbocycles. The summed E-state index contributed by atoms with van der Waals surface area (Å²) in [5.41, 5.74) is 0.185. The van der Waals surface area contributed by atoms with Crippen molar-refractivity contribution in [1.29, 1.82) is 0 Å². The molecule has 0 bridgehead atoms. The van der Waals surface area contributed by atoms with Gasteiger partial charge in [0.05, 0.1) is 11.7 Å². The second kappa shape index (κ2) is 5.23. The number of amides is 1. The van der Waals surface area contributed by atoms with Crippen LogP contribution in [0.5, 0.6) is 0 Å². The Balaban J connectivity index is 2.77. The van der Waals surface area contributed by atoms with E-state index in [0.717, 1.165) is 0 Å². The van der Waals surface area contributed by atoms with Gasteiger partial charge in [-0.1, -0.05) is 15.9 Å². The van der Waals surface area contributed by atoms with Gasteiger partial charge >= 0.3 is 0 Å². The zero-order valence-corrected chi connectivity index (χ0v) is 10.1. The molecule has 0 saturated carbocycles. The highest BCUT2D eigenvalue weighted by molar-refractivity contribution is 9.10. The summed E-state index contributed by atoms with van der Waals surface area (Å²) in [6.45, 7) is 1.70. The van der Waals surface area contributed by atoms with E-state index in [0.29, 0.717) is 4.47 Å². The van der Waals surface area contributed by atoms with Crippen molar-refractivity contribution in [3.63, 3.8) is 0 Å². The van der Waals surface area contributed by atoms with Crippen LogP contribution in [0, 0.1) is 5.82 Å². The zero-order valence-electron chi connectivity index (χ0n) is 8.47. The summed E-state index contributed by atoms with van der Waals surface area (Å²) < 4.78 is 14.0.